The molecule has 6 nitrogen and oxygen atoms in total. The Labute approximate surface area is 162 Å². The first kappa shape index (κ1) is 19.0. The number of nitrogens with one attached hydrogen (secondary N) is 1. The molecule has 0 spiro atoms. The third-order valence-electron chi connectivity index (χ3n) is 4.57. The van der Waals surface area contributed by atoms with Crippen LogP contribution in [-0.2, 0) is 0 Å². The summed E-state index contributed by atoms with van der Waals surface area (Å²) in [5, 5.41) is 4.57. The highest BCUT2D eigenvalue weighted by atomic mass is 35.5. The zero-order valence-electron chi connectivity index (χ0n) is 15.2. The molecule has 2 aromatic carbocycles. The summed E-state index contributed by atoms with van der Waals surface area (Å²) in [7, 11) is 0. The molecule has 8 heteroatoms. The van der Waals surface area contributed by atoms with E-state index in [-0.39, 0.29) is 10.9 Å². The number of nitrogens with zero attached hydrogens (tertiary/aromatic N) is 3. The molecule has 1 heterocycles. The van der Waals surface area contributed by atoms with E-state index >= 15 is 0 Å². The Bertz CT molecular complexity index is 979. The Hall–Kier alpha value is -2.77. The first-order valence-electron chi connectivity index (χ1n) is 8.65. The highest BCUT2D eigenvalue weighted by molar-refractivity contribution is 6.31. The van der Waals surface area contributed by atoms with Crippen molar-refractivity contribution in [2.45, 2.75) is 13.8 Å². The fourth-order valence-corrected chi connectivity index (χ4v) is 3.51. The SMILES string of the molecule is CCN(CC)c1c(/C(=N/N)NN)n(-c2ccccc2)c2cc(Cl)c(F)cc12. The molecule has 0 fully saturated rings. The standard InChI is InChI=1S/C19H22ClFN6/c1-3-26(4-2)17-13-10-15(21)14(20)11-16(13)27(12-8-6-5-7-9-12)18(17)19(24-22)25-23/h5-11H,3-4,22-23H2,1-2H3,(H,24,25). The summed E-state index contributed by atoms with van der Waals surface area (Å²) in [6.07, 6.45) is 0. The van der Waals surface area contributed by atoms with Crippen LogP contribution < -0.4 is 22.0 Å². The van der Waals surface area contributed by atoms with Gasteiger partial charge in [0.1, 0.15) is 11.5 Å². The summed E-state index contributed by atoms with van der Waals surface area (Å²) in [5.74, 6) is 11.1. The Morgan fingerprint density at radius 2 is 1.89 bits per heavy atom. The molecule has 0 atom stereocenters. The number of fused-ring (bicyclic) bond motifs is 1. The van der Waals surface area contributed by atoms with E-state index in [2.05, 4.69) is 15.4 Å². The lowest BCUT2D eigenvalue weighted by Crippen LogP contribution is -2.35. The second-order valence-electron chi connectivity index (χ2n) is 5.95. The predicted octanol–water partition coefficient (Wildman–Crippen LogP) is 3.35. The van der Waals surface area contributed by atoms with Crippen LogP contribution >= 0.6 is 11.6 Å². The van der Waals surface area contributed by atoms with Gasteiger partial charge < -0.3 is 20.7 Å². The first-order valence-corrected chi connectivity index (χ1v) is 9.03. The molecule has 1 aromatic heterocycles. The van der Waals surface area contributed by atoms with E-state index < -0.39 is 5.82 Å². The van der Waals surface area contributed by atoms with Crippen molar-refractivity contribution in [3.63, 3.8) is 0 Å². The highest BCUT2D eigenvalue weighted by Crippen LogP contribution is 2.38. The number of nitrogens with two attached hydrogens (primary N) is 2. The third-order valence-corrected chi connectivity index (χ3v) is 4.86. The first-order chi connectivity index (χ1) is 13.1. The quantitative estimate of drug-likeness (QED) is 0.271. The molecule has 0 saturated heterocycles. The van der Waals surface area contributed by atoms with Gasteiger partial charge in [0.2, 0.25) is 0 Å². The molecule has 3 rings (SSSR count). The number of rotatable bonds is 5. The van der Waals surface area contributed by atoms with Gasteiger partial charge in [0.15, 0.2) is 5.84 Å². The molecule has 0 aliphatic carbocycles. The molecule has 3 aromatic rings. The molecule has 0 bridgehead atoms. The van der Waals surface area contributed by atoms with Crippen molar-refractivity contribution in [2.75, 3.05) is 18.0 Å². The Morgan fingerprint density at radius 3 is 2.44 bits per heavy atom. The largest absolute Gasteiger partial charge is 0.370 e. The second-order valence-corrected chi connectivity index (χ2v) is 6.35. The van der Waals surface area contributed by atoms with Crippen LogP contribution in [0.25, 0.3) is 16.6 Å². The van der Waals surface area contributed by atoms with Crippen molar-refractivity contribution in [2.24, 2.45) is 16.8 Å². The van der Waals surface area contributed by atoms with Gasteiger partial charge in [-0.3, -0.25) is 0 Å². The lowest BCUT2D eigenvalue weighted by Gasteiger charge is -2.23. The molecule has 27 heavy (non-hydrogen) atoms. The number of para-hydroxylation sites is 1. The van der Waals surface area contributed by atoms with E-state index in [0.717, 1.165) is 16.9 Å². The molecular formula is C19H22ClFN6. The average molecular weight is 389 g/mol. The van der Waals surface area contributed by atoms with Crippen LogP contribution in [0.3, 0.4) is 0 Å². The van der Waals surface area contributed by atoms with Gasteiger partial charge in [-0.2, -0.15) is 5.10 Å². The van der Waals surface area contributed by atoms with E-state index in [0.29, 0.717) is 24.2 Å². The van der Waals surface area contributed by atoms with Crippen molar-refractivity contribution in [3.8, 4) is 5.69 Å². The monoisotopic (exact) mass is 388 g/mol. The van der Waals surface area contributed by atoms with Crippen molar-refractivity contribution in [3.05, 3.63) is 59.0 Å². The van der Waals surface area contributed by atoms with Crippen LogP contribution in [0.5, 0.6) is 0 Å². The minimum absolute atomic E-state index is 0.0433. The molecule has 142 valence electrons. The fourth-order valence-electron chi connectivity index (χ4n) is 3.35. The van der Waals surface area contributed by atoms with E-state index in [1.54, 1.807) is 6.07 Å². The maximum atomic E-state index is 14.4. The average Bonchev–Trinajstić information content (AvgIpc) is 2.99. The number of aromatic nitrogens is 1. The minimum Gasteiger partial charge on any atom is -0.370 e. The number of hydrogen-bond donors (Lipinski definition) is 3. The summed E-state index contributed by atoms with van der Waals surface area (Å²) >= 11 is 6.11. The van der Waals surface area contributed by atoms with Crippen molar-refractivity contribution < 1.29 is 4.39 Å². The van der Waals surface area contributed by atoms with E-state index in [4.69, 9.17) is 23.3 Å². The highest BCUT2D eigenvalue weighted by Gasteiger charge is 2.26. The maximum absolute atomic E-state index is 14.4. The van der Waals surface area contributed by atoms with Crippen molar-refractivity contribution in [1.82, 2.24) is 9.99 Å². The molecule has 0 unspecified atom stereocenters. The van der Waals surface area contributed by atoms with Crippen LogP contribution in [0.2, 0.25) is 5.02 Å². The van der Waals surface area contributed by atoms with Gasteiger partial charge in [-0.15, -0.1) is 0 Å². The summed E-state index contributed by atoms with van der Waals surface area (Å²) in [4.78, 5) is 2.10. The van der Waals surface area contributed by atoms with Gasteiger partial charge in [0.05, 0.1) is 16.2 Å². The lowest BCUT2D eigenvalue weighted by molar-refractivity contribution is 0.630. The van der Waals surface area contributed by atoms with Gasteiger partial charge in [-0.05, 0) is 38.1 Å². The van der Waals surface area contributed by atoms with Gasteiger partial charge in [-0.25, -0.2) is 10.2 Å². The second kappa shape index (κ2) is 7.85. The number of hydrazone groups is 1. The van der Waals surface area contributed by atoms with Gasteiger partial charge in [0.25, 0.3) is 0 Å². The minimum atomic E-state index is -0.485. The van der Waals surface area contributed by atoms with Gasteiger partial charge in [0, 0.05) is 24.2 Å². The smallest absolute Gasteiger partial charge is 0.186 e. The van der Waals surface area contributed by atoms with Crippen molar-refractivity contribution >= 4 is 34.0 Å². The molecule has 5 N–H and O–H groups in total. The predicted molar refractivity (Wildman–Crippen MR) is 110 cm³/mol. The lowest BCUT2D eigenvalue weighted by atomic mass is 10.2. The molecule has 0 saturated carbocycles. The number of amidine groups is 1. The van der Waals surface area contributed by atoms with E-state index in [9.17, 15) is 4.39 Å². The molecule has 0 aliphatic heterocycles. The van der Waals surface area contributed by atoms with Gasteiger partial charge in [-0.1, -0.05) is 29.8 Å². The van der Waals surface area contributed by atoms with Gasteiger partial charge >= 0.3 is 0 Å². The van der Waals surface area contributed by atoms with Crippen molar-refractivity contribution in [1.29, 1.82) is 0 Å². The molecule has 0 aliphatic rings. The molecule has 0 amide bonds. The number of benzene rings is 2. The topological polar surface area (TPSA) is 84.6 Å². The number of halogens is 2. The third kappa shape index (κ3) is 3.20. The zero-order chi connectivity index (χ0) is 19.6. The fraction of sp³-hybridized carbons (Fsp3) is 0.211. The zero-order valence-corrected chi connectivity index (χ0v) is 16.0. The van der Waals surface area contributed by atoms with E-state index in [1.807, 2.05) is 48.7 Å². The maximum Gasteiger partial charge on any atom is 0.186 e. The van der Waals surface area contributed by atoms with E-state index in [1.165, 1.54) is 6.07 Å². The summed E-state index contributed by atoms with van der Waals surface area (Å²) in [6.45, 7) is 5.48. The molecule has 0 radical (unpaired) electrons. The van der Waals surface area contributed by atoms with Crippen LogP contribution in [0.15, 0.2) is 47.6 Å². The normalized spacial score (nSPS) is 11.8. The van der Waals surface area contributed by atoms with Crippen LogP contribution in [-0.4, -0.2) is 23.5 Å². The van der Waals surface area contributed by atoms with Crippen LogP contribution in [0.1, 0.15) is 19.5 Å². The Balaban J connectivity index is 2.54. The molecular weight excluding hydrogens is 367 g/mol. The summed E-state index contributed by atoms with van der Waals surface area (Å²) < 4.78 is 16.3. The Kier molecular flexibility index (Phi) is 5.53. The number of hydrogen-bond acceptors (Lipinski definition) is 4. The Morgan fingerprint density at radius 1 is 1.22 bits per heavy atom. The summed E-state index contributed by atoms with van der Waals surface area (Å²) in [5.41, 5.74) is 5.59. The number of hydrazine groups is 1. The van der Waals surface area contributed by atoms with Crippen LogP contribution in [0.4, 0.5) is 10.1 Å². The summed E-state index contributed by atoms with van der Waals surface area (Å²) in [6, 6.07) is 12.7. The van der Waals surface area contributed by atoms with Crippen LogP contribution in [0, 0.1) is 5.82 Å². The number of anilines is 1.